The van der Waals surface area contributed by atoms with Crippen LogP contribution in [0.25, 0.3) is 0 Å². The van der Waals surface area contributed by atoms with E-state index in [-0.39, 0.29) is 0 Å². The van der Waals surface area contributed by atoms with Crippen LogP contribution in [0.5, 0.6) is 0 Å². The maximum Gasteiger partial charge on any atom is 0.416 e. The van der Waals surface area contributed by atoms with Crippen LogP contribution in [-0.4, -0.2) is 9.78 Å². The van der Waals surface area contributed by atoms with Crippen LogP contribution in [0.1, 0.15) is 11.3 Å². The van der Waals surface area contributed by atoms with E-state index in [1.165, 1.54) is 12.1 Å². The van der Waals surface area contributed by atoms with E-state index in [0.29, 0.717) is 22.9 Å². The van der Waals surface area contributed by atoms with Gasteiger partial charge in [-0.05, 0) is 31.2 Å². The lowest BCUT2D eigenvalue weighted by Gasteiger charge is -2.10. The van der Waals surface area contributed by atoms with Crippen LogP contribution < -0.4 is 11.1 Å². The Morgan fingerprint density at radius 3 is 2.21 bits per heavy atom. The van der Waals surface area contributed by atoms with Gasteiger partial charge in [-0.25, -0.2) is 0 Å². The number of benzene rings is 1. The van der Waals surface area contributed by atoms with E-state index < -0.39 is 11.7 Å². The molecule has 1 aromatic heterocycles. The molecular weight excluding hydrogens is 257 g/mol. The Kier molecular flexibility index (Phi) is 3.13. The molecule has 0 aliphatic rings. The number of nitrogens with one attached hydrogen (secondary N) is 1. The van der Waals surface area contributed by atoms with Gasteiger partial charge in [-0.1, -0.05) is 0 Å². The van der Waals surface area contributed by atoms with Crippen LogP contribution in [0.3, 0.4) is 0 Å². The first-order chi connectivity index (χ1) is 8.79. The van der Waals surface area contributed by atoms with E-state index in [1.807, 2.05) is 0 Å². The number of halogens is 3. The summed E-state index contributed by atoms with van der Waals surface area (Å²) in [4.78, 5) is 0. The third-order valence-corrected chi connectivity index (χ3v) is 2.74. The molecule has 0 saturated heterocycles. The lowest BCUT2D eigenvalue weighted by atomic mass is 10.2. The first kappa shape index (κ1) is 13.3. The SMILES string of the molecule is Cc1nn(C)c(Nc2ccc(C(F)(F)F)cc2)c1N. The summed E-state index contributed by atoms with van der Waals surface area (Å²) in [5.41, 5.74) is 6.79. The van der Waals surface area contributed by atoms with Crippen molar-refractivity contribution in [2.75, 3.05) is 11.1 Å². The average molecular weight is 270 g/mol. The number of nitrogens with two attached hydrogens (primary N) is 1. The third kappa shape index (κ3) is 2.64. The van der Waals surface area contributed by atoms with Crippen molar-refractivity contribution in [1.29, 1.82) is 0 Å². The number of aryl methyl sites for hydroxylation is 2. The minimum absolute atomic E-state index is 0.474. The largest absolute Gasteiger partial charge is 0.416 e. The number of hydrogen-bond donors (Lipinski definition) is 2. The van der Waals surface area contributed by atoms with Crippen molar-refractivity contribution in [3.8, 4) is 0 Å². The Hall–Kier alpha value is -2.18. The molecule has 0 bridgehead atoms. The van der Waals surface area contributed by atoms with Gasteiger partial charge < -0.3 is 11.1 Å². The Labute approximate surface area is 108 Å². The smallest absolute Gasteiger partial charge is 0.394 e. The van der Waals surface area contributed by atoms with Gasteiger partial charge in [-0.2, -0.15) is 18.3 Å². The molecule has 0 radical (unpaired) electrons. The monoisotopic (exact) mass is 270 g/mol. The Morgan fingerprint density at radius 2 is 1.79 bits per heavy atom. The normalized spacial score (nSPS) is 11.6. The lowest BCUT2D eigenvalue weighted by molar-refractivity contribution is -0.137. The number of nitrogen functional groups attached to an aromatic ring is 1. The fourth-order valence-corrected chi connectivity index (χ4v) is 1.70. The molecule has 0 aliphatic heterocycles. The van der Waals surface area contributed by atoms with E-state index in [0.717, 1.165) is 12.1 Å². The summed E-state index contributed by atoms with van der Waals surface area (Å²) in [5, 5.41) is 7.06. The second-order valence-electron chi connectivity index (χ2n) is 4.17. The summed E-state index contributed by atoms with van der Waals surface area (Å²) in [6.07, 6.45) is -4.33. The molecule has 0 aliphatic carbocycles. The van der Waals surface area contributed by atoms with Crippen molar-refractivity contribution in [1.82, 2.24) is 9.78 Å². The van der Waals surface area contributed by atoms with E-state index in [4.69, 9.17) is 5.73 Å². The number of anilines is 3. The highest BCUT2D eigenvalue weighted by Crippen LogP contribution is 2.31. The Morgan fingerprint density at radius 1 is 1.21 bits per heavy atom. The quantitative estimate of drug-likeness (QED) is 0.881. The van der Waals surface area contributed by atoms with Gasteiger partial charge in [-0.3, -0.25) is 4.68 Å². The van der Waals surface area contributed by atoms with Gasteiger partial charge in [0.05, 0.1) is 16.9 Å². The van der Waals surface area contributed by atoms with Gasteiger partial charge in [0.15, 0.2) is 5.82 Å². The molecule has 1 aromatic carbocycles. The second-order valence-corrected chi connectivity index (χ2v) is 4.17. The molecule has 2 aromatic rings. The molecule has 0 atom stereocenters. The summed E-state index contributed by atoms with van der Waals surface area (Å²) < 4.78 is 38.8. The van der Waals surface area contributed by atoms with Crippen molar-refractivity contribution in [3.05, 3.63) is 35.5 Å². The third-order valence-electron chi connectivity index (χ3n) is 2.74. The van der Waals surface area contributed by atoms with Crippen molar-refractivity contribution < 1.29 is 13.2 Å². The predicted molar refractivity (Wildman–Crippen MR) is 67.1 cm³/mol. The van der Waals surface area contributed by atoms with Gasteiger partial charge in [0.25, 0.3) is 0 Å². The highest BCUT2D eigenvalue weighted by Gasteiger charge is 2.29. The zero-order valence-electron chi connectivity index (χ0n) is 10.4. The van der Waals surface area contributed by atoms with Gasteiger partial charge in [0.2, 0.25) is 0 Å². The first-order valence-electron chi connectivity index (χ1n) is 5.52. The van der Waals surface area contributed by atoms with Crippen molar-refractivity contribution in [2.45, 2.75) is 13.1 Å². The minimum atomic E-state index is -4.33. The zero-order valence-corrected chi connectivity index (χ0v) is 10.4. The number of nitrogens with zero attached hydrogens (tertiary/aromatic N) is 2. The molecule has 0 amide bonds. The average Bonchev–Trinajstić information content (AvgIpc) is 2.56. The fourth-order valence-electron chi connectivity index (χ4n) is 1.70. The standard InChI is InChI=1S/C12H13F3N4/c1-7-10(16)11(19(2)18-7)17-9-5-3-8(4-6-9)12(13,14)15/h3-6,17H,16H2,1-2H3. The molecule has 102 valence electrons. The summed E-state index contributed by atoms with van der Waals surface area (Å²) in [5.74, 6) is 0.553. The molecule has 1 heterocycles. The Bertz CT molecular complexity index is 584. The van der Waals surface area contributed by atoms with Crippen LogP contribution >= 0.6 is 0 Å². The summed E-state index contributed by atoms with van der Waals surface area (Å²) in [7, 11) is 1.70. The van der Waals surface area contributed by atoms with Crippen LogP contribution in [-0.2, 0) is 13.2 Å². The van der Waals surface area contributed by atoms with Gasteiger partial charge in [0.1, 0.15) is 0 Å². The van der Waals surface area contributed by atoms with Crippen molar-refractivity contribution >= 4 is 17.2 Å². The zero-order chi connectivity index (χ0) is 14.2. The summed E-state index contributed by atoms with van der Waals surface area (Å²) in [6.45, 7) is 1.76. The van der Waals surface area contributed by atoms with Crippen LogP contribution in [0.15, 0.2) is 24.3 Å². The number of aromatic nitrogens is 2. The molecule has 0 saturated carbocycles. The lowest BCUT2D eigenvalue weighted by Crippen LogP contribution is -2.05. The van der Waals surface area contributed by atoms with Crippen molar-refractivity contribution in [3.63, 3.8) is 0 Å². The molecule has 0 fully saturated rings. The molecule has 4 nitrogen and oxygen atoms in total. The van der Waals surface area contributed by atoms with E-state index in [1.54, 1.807) is 18.7 Å². The van der Waals surface area contributed by atoms with Gasteiger partial charge >= 0.3 is 6.18 Å². The van der Waals surface area contributed by atoms with Gasteiger partial charge in [0, 0.05) is 12.7 Å². The van der Waals surface area contributed by atoms with Crippen LogP contribution in [0, 0.1) is 6.92 Å². The summed E-state index contributed by atoms with van der Waals surface area (Å²) >= 11 is 0. The summed E-state index contributed by atoms with van der Waals surface area (Å²) in [6, 6.07) is 4.73. The topological polar surface area (TPSA) is 55.9 Å². The molecular formula is C12H13F3N4. The number of rotatable bonds is 2. The first-order valence-corrected chi connectivity index (χ1v) is 5.52. The van der Waals surface area contributed by atoms with Crippen LogP contribution in [0.4, 0.5) is 30.4 Å². The van der Waals surface area contributed by atoms with E-state index in [2.05, 4.69) is 10.4 Å². The van der Waals surface area contributed by atoms with E-state index >= 15 is 0 Å². The fraction of sp³-hybridized carbons (Fsp3) is 0.250. The molecule has 7 heteroatoms. The second kappa shape index (κ2) is 4.49. The molecule has 0 spiro atoms. The maximum atomic E-state index is 12.4. The van der Waals surface area contributed by atoms with Crippen LogP contribution in [0.2, 0.25) is 0 Å². The predicted octanol–water partition coefficient (Wildman–Crippen LogP) is 3.07. The molecule has 3 N–H and O–H groups in total. The molecule has 19 heavy (non-hydrogen) atoms. The highest BCUT2D eigenvalue weighted by molar-refractivity contribution is 5.71. The molecule has 0 unspecified atom stereocenters. The number of alkyl halides is 3. The minimum Gasteiger partial charge on any atom is -0.394 e. The van der Waals surface area contributed by atoms with Crippen molar-refractivity contribution in [2.24, 2.45) is 7.05 Å². The molecule has 2 rings (SSSR count). The Balaban J connectivity index is 2.25. The number of hydrogen-bond acceptors (Lipinski definition) is 3. The maximum absolute atomic E-state index is 12.4. The highest BCUT2D eigenvalue weighted by atomic mass is 19.4. The van der Waals surface area contributed by atoms with Gasteiger partial charge in [-0.15, -0.1) is 0 Å². The van der Waals surface area contributed by atoms with E-state index in [9.17, 15) is 13.2 Å².